The van der Waals surface area contributed by atoms with Gasteiger partial charge in [-0.25, -0.2) is 0 Å². The number of carbonyl (C=O) groups excluding carboxylic acids is 1. The number of thioether (sulfide) groups is 1. The lowest BCUT2D eigenvalue weighted by Gasteiger charge is -2.19. The Morgan fingerprint density at radius 1 is 1.04 bits per heavy atom. The second-order valence-corrected chi connectivity index (χ2v) is 8.00. The van der Waals surface area contributed by atoms with Crippen molar-refractivity contribution in [3.8, 4) is 17.1 Å². The first-order valence-corrected chi connectivity index (χ1v) is 9.37. The lowest BCUT2D eigenvalue weighted by atomic mass is 9.87. The number of hydrogen-bond acceptors (Lipinski definition) is 4. The van der Waals surface area contributed by atoms with E-state index < -0.39 is 0 Å². The number of nitrogens with zero attached hydrogens (tertiary/aromatic N) is 3. The van der Waals surface area contributed by atoms with Crippen molar-refractivity contribution in [3.63, 3.8) is 0 Å². The number of aromatic nitrogens is 3. The Bertz CT molecular complexity index is 896. The Hall–Kier alpha value is -2.60. The van der Waals surface area contributed by atoms with Crippen LogP contribution in [0.25, 0.3) is 17.1 Å². The molecule has 1 amide bonds. The minimum Gasteiger partial charge on any atom is -0.369 e. The molecule has 26 heavy (non-hydrogen) atoms. The number of nitrogens with two attached hydrogens (primary N) is 1. The van der Waals surface area contributed by atoms with Crippen LogP contribution >= 0.6 is 11.8 Å². The summed E-state index contributed by atoms with van der Waals surface area (Å²) < 4.78 is 1.96. The summed E-state index contributed by atoms with van der Waals surface area (Å²) in [7, 11) is 0. The Morgan fingerprint density at radius 3 is 2.27 bits per heavy atom. The number of para-hydroxylation sites is 1. The topological polar surface area (TPSA) is 73.8 Å². The molecule has 3 aromatic rings. The van der Waals surface area contributed by atoms with Gasteiger partial charge in [-0.1, -0.05) is 75.0 Å². The average molecular weight is 366 g/mol. The molecule has 0 aliphatic heterocycles. The van der Waals surface area contributed by atoms with Crippen molar-refractivity contribution >= 4 is 17.7 Å². The molecule has 0 bridgehead atoms. The van der Waals surface area contributed by atoms with E-state index in [1.165, 1.54) is 17.3 Å². The molecule has 134 valence electrons. The lowest BCUT2D eigenvalue weighted by molar-refractivity contribution is -0.115. The molecular weight excluding hydrogens is 344 g/mol. The zero-order valence-electron chi connectivity index (χ0n) is 15.1. The summed E-state index contributed by atoms with van der Waals surface area (Å²) >= 11 is 1.29. The van der Waals surface area contributed by atoms with Gasteiger partial charge in [0.05, 0.1) is 5.75 Å². The minimum absolute atomic E-state index is 0.0914. The van der Waals surface area contributed by atoms with Gasteiger partial charge in [-0.05, 0) is 23.1 Å². The predicted octanol–water partition coefficient (Wildman–Crippen LogP) is 3.81. The van der Waals surface area contributed by atoms with Crippen LogP contribution in [0.2, 0.25) is 0 Å². The summed E-state index contributed by atoms with van der Waals surface area (Å²) in [5, 5.41) is 9.30. The van der Waals surface area contributed by atoms with Crippen molar-refractivity contribution in [2.75, 3.05) is 5.75 Å². The van der Waals surface area contributed by atoms with Crippen molar-refractivity contribution in [1.82, 2.24) is 14.8 Å². The van der Waals surface area contributed by atoms with E-state index in [2.05, 4.69) is 55.2 Å². The fourth-order valence-corrected chi connectivity index (χ4v) is 3.31. The van der Waals surface area contributed by atoms with Gasteiger partial charge in [-0.2, -0.15) is 0 Å². The van der Waals surface area contributed by atoms with Crippen molar-refractivity contribution < 1.29 is 4.79 Å². The molecule has 5 nitrogen and oxygen atoms in total. The highest BCUT2D eigenvalue weighted by Gasteiger charge is 2.18. The summed E-state index contributed by atoms with van der Waals surface area (Å²) in [6, 6.07) is 18.2. The van der Waals surface area contributed by atoms with Crippen LogP contribution < -0.4 is 5.73 Å². The molecule has 0 radical (unpaired) electrons. The second-order valence-electron chi connectivity index (χ2n) is 7.06. The first-order valence-electron chi connectivity index (χ1n) is 8.39. The maximum absolute atomic E-state index is 11.2. The number of carbonyl (C=O) groups is 1. The molecule has 0 atom stereocenters. The largest absolute Gasteiger partial charge is 0.369 e. The first-order chi connectivity index (χ1) is 12.4. The third-order valence-corrected chi connectivity index (χ3v) is 4.95. The van der Waals surface area contributed by atoms with Crippen LogP contribution in [-0.4, -0.2) is 26.4 Å². The van der Waals surface area contributed by atoms with Gasteiger partial charge in [-0.15, -0.1) is 10.2 Å². The van der Waals surface area contributed by atoms with Gasteiger partial charge < -0.3 is 5.73 Å². The maximum atomic E-state index is 11.2. The predicted molar refractivity (Wildman–Crippen MR) is 105 cm³/mol. The highest BCUT2D eigenvalue weighted by Crippen LogP contribution is 2.29. The third-order valence-electron chi connectivity index (χ3n) is 4.00. The van der Waals surface area contributed by atoms with Crippen LogP contribution in [-0.2, 0) is 10.2 Å². The molecule has 0 aliphatic rings. The van der Waals surface area contributed by atoms with Crippen molar-refractivity contribution in [2.24, 2.45) is 5.73 Å². The van der Waals surface area contributed by atoms with Crippen LogP contribution in [0.15, 0.2) is 59.8 Å². The van der Waals surface area contributed by atoms with Crippen LogP contribution in [0.3, 0.4) is 0 Å². The molecular formula is C20H22N4OS. The van der Waals surface area contributed by atoms with E-state index in [4.69, 9.17) is 5.73 Å². The molecule has 0 unspecified atom stereocenters. The average Bonchev–Trinajstić information content (AvgIpc) is 3.04. The van der Waals surface area contributed by atoms with Gasteiger partial charge in [-0.3, -0.25) is 9.36 Å². The molecule has 0 saturated heterocycles. The van der Waals surface area contributed by atoms with Crippen LogP contribution in [0.1, 0.15) is 26.3 Å². The normalized spacial score (nSPS) is 11.5. The molecule has 0 aliphatic carbocycles. The molecule has 0 fully saturated rings. The molecule has 0 spiro atoms. The Labute approximate surface area is 157 Å². The van der Waals surface area contributed by atoms with Gasteiger partial charge in [0.25, 0.3) is 0 Å². The summed E-state index contributed by atoms with van der Waals surface area (Å²) in [4.78, 5) is 11.2. The number of primary amides is 1. The highest BCUT2D eigenvalue weighted by molar-refractivity contribution is 7.99. The quantitative estimate of drug-likeness (QED) is 0.697. The van der Waals surface area contributed by atoms with E-state index >= 15 is 0 Å². The number of amides is 1. The lowest BCUT2D eigenvalue weighted by Crippen LogP contribution is -2.13. The smallest absolute Gasteiger partial charge is 0.227 e. The molecule has 2 N–H and O–H groups in total. The number of hydrogen-bond donors (Lipinski definition) is 1. The number of rotatable bonds is 5. The van der Waals surface area contributed by atoms with E-state index in [-0.39, 0.29) is 17.1 Å². The molecule has 2 aromatic carbocycles. The van der Waals surface area contributed by atoms with Gasteiger partial charge in [0, 0.05) is 11.3 Å². The standard InChI is InChI=1S/C20H22N4OS/c1-20(2,3)15-11-9-14(10-12-15)18-22-23-19(26-13-17(21)25)24(18)16-7-5-4-6-8-16/h4-12H,13H2,1-3H3,(H2,21,25). The number of benzene rings is 2. The molecule has 3 rings (SSSR count). The van der Waals surface area contributed by atoms with E-state index in [0.29, 0.717) is 5.16 Å². The summed E-state index contributed by atoms with van der Waals surface area (Å²) in [6.45, 7) is 6.56. The van der Waals surface area contributed by atoms with Crippen molar-refractivity contribution in [1.29, 1.82) is 0 Å². The third kappa shape index (κ3) is 3.96. The Kier molecular flexibility index (Phi) is 5.13. The van der Waals surface area contributed by atoms with Crippen molar-refractivity contribution in [2.45, 2.75) is 31.3 Å². The Morgan fingerprint density at radius 2 is 1.69 bits per heavy atom. The molecule has 0 saturated carbocycles. The monoisotopic (exact) mass is 366 g/mol. The summed E-state index contributed by atoms with van der Waals surface area (Å²) in [6.07, 6.45) is 0. The van der Waals surface area contributed by atoms with Gasteiger partial charge in [0.15, 0.2) is 11.0 Å². The summed E-state index contributed by atoms with van der Waals surface area (Å²) in [5.41, 5.74) is 8.55. The Balaban J connectivity index is 2.05. The van der Waals surface area contributed by atoms with Gasteiger partial charge in [0.1, 0.15) is 0 Å². The van der Waals surface area contributed by atoms with Crippen LogP contribution in [0, 0.1) is 0 Å². The van der Waals surface area contributed by atoms with E-state index in [9.17, 15) is 4.79 Å². The van der Waals surface area contributed by atoms with Crippen LogP contribution in [0.4, 0.5) is 0 Å². The van der Waals surface area contributed by atoms with Gasteiger partial charge in [0.2, 0.25) is 5.91 Å². The summed E-state index contributed by atoms with van der Waals surface area (Å²) in [5.74, 6) is 0.519. The van der Waals surface area contributed by atoms with E-state index in [1.807, 2.05) is 34.9 Å². The van der Waals surface area contributed by atoms with E-state index in [0.717, 1.165) is 17.1 Å². The minimum atomic E-state index is -0.381. The van der Waals surface area contributed by atoms with Gasteiger partial charge >= 0.3 is 0 Å². The van der Waals surface area contributed by atoms with E-state index in [1.54, 1.807) is 0 Å². The maximum Gasteiger partial charge on any atom is 0.227 e. The first kappa shape index (κ1) is 18.2. The zero-order valence-corrected chi connectivity index (χ0v) is 16.0. The second kappa shape index (κ2) is 7.33. The van der Waals surface area contributed by atoms with Crippen LogP contribution in [0.5, 0.6) is 0 Å². The molecule has 6 heteroatoms. The zero-order chi connectivity index (χ0) is 18.7. The highest BCUT2D eigenvalue weighted by atomic mass is 32.2. The fourth-order valence-electron chi connectivity index (χ4n) is 2.62. The molecule has 1 aromatic heterocycles. The fraction of sp³-hybridized carbons (Fsp3) is 0.250. The van der Waals surface area contributed by atoms with Crippen molar-refractivity contribution in [3.05, 3.63) is 60.2 Å². The molecule has 1 heterocycles. The SMILES string of the molecule is CC(C)(C)c1ccc(-c2nnc(SCC(N)=O)n2-c2ccccc2)cc1.